The molecular formula is C13H15N5O3. The Morgan fingerprint density at radius 3 is 2.76 bits per heavy atom. The van der Waals surface area contributed by atoms with Crippen molar-refractivity contribution in [3.05, 3.63) is 56.8 Å². The smallest absolute Gasteiger partial charge is 0.318 e. The van der Waals surface area contributed by atoms with Gasteiger partial charge < -0.3 is 5.43 Å². The molecular weight excluding hydrogens is 274 g/mol. The summed E-state index contributed by atoms with van der Waals surface area (Å²) in [5.41, 5.74) is 3.02. The van der Waals surface area contributed by atoms with Crippen LogP contribution in [0.4, 0.5) is 11.4 Å². The van der Waals surface area contributed by atoms with Gasteiger partial charge in [-0.15, -0.1) is 0 Å². The molecule has 0 atom stereocenters. The molecule has 3 rings (SSSR count). The largest absolute Gasteiger partial charge is 0.328 e. The number of nitro benzene ring substituents is 1. The Kier molecular flexibility index (Phi) is 3.22. The zero-order valence-electron chi connectivity index (χ0n) is 11.2. The maximum atomic E-state index is 12.2. The number of nitrogens with zero attached hydrogens (tertiary/aromatic N) is 3. The van der Waals surface area contributed by atoms with E-state index in [1.54, 1.807) is 27.6 Å². The van der Waals surface area contributed by atoms with Crippen LogP contribution in [0, 0.1) is 10.1 Å². The maximum Gasteiger partial charge on any atom is 0.328 e. The van der Waals surface area contributed by atoms with Crippen molar-refractivity contribution in [1.29, 1.82) is 0 Å². The molecule has 110 valence electrons. The molecule has 0 amide bonds. The van der Waals surface area contributed by atoms with Crippen LogP contribution >= 0.6 is 0 Å². The summed E-state index contributed by atoms with van der Waals surface area (Å²) in [6, 6.07) is 4.99. The van der Waals surface area contributed by atoms with Gasteiger partial charge in [0.05, 0.1) is 11.5 Å². The molecule has 0 radical (unpaired) electrons. The Hall–Kier alpha value is -2.61. The lowest BCUT2D eigenvalue weighted by Gasteiger charge is -2.06. The van der Waals surface area contributed by atoms with Crippen LogP contribution in [0.1, 0.15) is 24.4 Å². The lowest BCUT2D eigenvalue weighted by molar-refractivity contribution is -0.384. The summed E-state index contributed by atoms with van der Waals surface area (Å²) >= 11 is 0. The quantitative estimate of drug-likeness (QED) is 0.489. The van der Waals surface area contributed by atoms with Crippen LogP contribution in [0.3, 0.4) is 0 Å². The first-order valence-electron chi connectivity index (χ1n) is 6.61. The average Bonchev–Trinajstić information content (AvgIpc) is 3.25. The molecule has 1 aliphatic carbocycles. The fourth-order valence-electron chi connectivity index (χ4n) is 2.32. The molecule has 0 bridgehead atoms. The number of hydrogen-bond acceptors (Lipinski definition) is 5. The van der Waals surface area contributed by atoms with Gasteiger partial charge in [-0.25, -0.2) is 4.79 Å². The van der Waals surface area contributed by atoms with Crippen molar-refractivity contribution < 1.29 is 4.92 Å². The van der Waals surface area contributed by atoms with E-state index in [4.69, 9.17) is 5.84 Å². The molecule has 21 heavy (non-hydrogen) atoms. The molecule has 0 spiro atoms. The predicted octanol–water partition coefficient (Wildman–Crippen LogP) is 1.23. The number of anilines is 1. The summed E-state index contributed by atoms with van der Waals surface area (Å²) in [6.45, 7) is 0.296. The number of aromatic nitrogens is 2. The van der Waals surface area contributed by atoms with E-state index in [1.807, 2.05) is 0 Å². The van der Waals surface area contributed by atoms with Crippen molar-refractivity contribution in [2.45, 2.75) is 25.4 Å². The van der Waals surface area contributed by atoms with E-state index in [1.165, 1.54) is 12.1 Å². The highest BCUT2D eigenvalue weighted by Crippen LogP contribution is 2.33. The van der Waals surface area contributed by atoms with Gasteiger partial charge >= 0.3 is 5.69 Å². The molecule has 0 unspecified atom stereocenters. The average molecular weight is 289 g/mol. The molecule has 8 nitrogen and oxygen atoms in total. The number of nitrogens with one attached hydrogen (secondary N) is 1. The summed E-state index contributed by atoms with van der Waals surface area (Å²) in [4.78, 5) is 22.6. The third kappa shape index (κ3) is 2.52. The molecule has 1 aromatic heterocycles. The Balaban J connectivity index is 1.89. The first-order valence-corrected chi connectivity index (χ1v) is 6.61. The van der Waals surface area contributed by atoms with Crippen molar-refractivity contribution >= 4 is 11.4 Å². The molecule has 8 heteroatoms. The maximum absolute atomic E-state index is 12.2. The summed E-state index contributed by atoms with van der Waals surface area (Å²) in [5, 5.41) is 11.0. The van der Waals surface area contributed by atoms with Crippen molar-refractivity contribution in [3.63, 3.8) is 0 Å². The first kappa shape index (κ1) is 13.4. The Bertz CT molecular complexity index is 745. The van der Waals surface area contributed by atoms with Gasteiger partial charge in [-0.05, 0) is 24.5 Å². The summed E-state index contributed by atoms with van der Waals surface area (Å²) in [6.07, 6.45) is 5.55. The number of nitrogen functional groups attached to an aromatic ring is 1. The SMILES string of the molecule is NNc1ccc(Cn2ccn(C3CC3)c2=O)cc1[N+](=O)[O-]. The van der Waals surface area contributed by atoms with Crippen LogP contribution in [-0.2, 0) is 6.54 Å². The number of nitro groups is 1. The first-order chi connectivity index (χ1) is 10.1. The van der Waals surface area contributed by atoms with Crippen molar-refractivity contribution in [2.24, 2.45) is 5.84 Å². The number of imidazole rings is 1. The number of nitrogens with two attached hydrogens (primary N) is 1. The highest BCUT2D eigenvalue weighted by molar-refractivity contribution is 5.61. The Morgan fingerprint density at radius 2 is 2.14 bits per heavy atom. The molecule has 0 saturated heterocycles. The third-order valence-corrected chi connectivity index (χ3v) is 3.58. The second-order valence-corrected chi connectivity index (χ2v) is 5.10. The summed E-state index contributed by atoms with van der Waals surface area (Å²) in [5.74, 6) is 5.25. The van der Waals surface area contributed by atoms with Gasteiger partial charge in [0.25, 0.3) is 5.69 Å². The molecule has 1 aliphatic rings. The molecule has 1 aromatic carbocycles. The molecule has 1 saturated carbocycles. The molecule has 1 heterocycles. The summed E-state index contributed by atoms with van der Waals surface area (Å²) in [7, 11) is 0. The standard InChI is InChI=1S/C13H15N5O3/c14-15-11-4-1-9(7-12(11)18(20)21)8-16-5-6-17(13(16)19)10-2-3-10/h1,4-7,10,15H,2-3,8,14H2. The van der Waals surface area contributed by atoms with Crippen LogP contribution in [0.25, 0.3) is 0 Å². The molecule has 0 aliphatic heterocycles. The Labute approximate surface area is 119 Å². The van der Waals surface area contributed by atoms with Gasteiger partial charge in [0.2, 0.25) is 0 Å². The lowest BCUT2D eigenvalue weighted by Crippen LogP contribution is -2.23. The monoisotopic (exact) mass is 289 g/mol. The van der Waals surface area contributed by atoms with Gasteiger partial charge in [-0.2, -0.15) is 0 Å². The van der Waals surface area contributed by atoms with Gasteiger partial charge in [-0.1, -0.05) is 6.07 Å². The van der Waals surface area contributed by atoms with Gasteiger partial charge in [0.1, 0.15) is 5.69 Å². The topological polar surface area (TPSA) is 108 Å². The van der Waals surface area contributed by atoms with E-state index in [9.17, 15) is 14.9 Å². The lowest BCUT2D eigenvalue weighted by atomic mass is 10.1. The second kappa shape index (κ2) is 5.06. The summed E-state index contributed by atoms with van der Waals surface area (Å²) < 4.78 is 3.26. The predicted molar refractivity (Wildman–Crippen MR) is 77.0 cm³/mol. The minimum atomic E-state index is -0.503. The number of hydrazine groups is 1. The van der Waals surface area contributed by atoms with Gasteiger partial charge in [-0.3, -0.25) is 25.1 Å². The molecule has 3 N–H and O–H groups in total. The van der Waals surface area contributed by atoms with Crippen molar-refractivity contribution in [2.75, 3.05) is 5.43 Å². The second-order valence-electron chi connectivity index (χ2n) is 5.10. The van der Waals surface area contributed by atoms with Crippen LogP contribution in [0.5, 0.6) is 0 Å². The van der Waals surface area contributed by atoms with Crippen LogP contribution < -0.4 is 17.0 Å². The van der Waals surface area contributed by atoms with E-state index in [0.29, 0.717) is 18.2 Å². The van der Waals surface area contributed by atoms with Crippen LogP contribution in [0.2, 0.25) is 0 Å². The van der Waals surface area contributed by atoms with Crippen LogP contribution in [-0.4, -0.2) is 14.1 Å². The van der Waals surface area contributed by atoms with Crippen molar-refractivity contribution in [1.82, 2.24) is 9.13 Å². The number of hydrogen-bond donors (Lipinski definition) is 2. The van der Waals surface area contributed by atoms with Crippen molar-refractivity contribution in [3.8, 4) is 0 Å². The van der Waals surface area contributed by atoms with E-state index < -0.39 is 4.92 Å². The fraction of sp³-hybridized carbons (Fsp3) is 0.308. The zero-order valence-corrected chi connectivity index (χ0v) is 11.2. The fourth-order valence-corrected chi connectivity index (χ4v) is 2.32. The minimum Gasteiger partial charge on any atom is -0.318 e. The van der Waals surface area contributed by atoms with Gasteiger partial charge in [0, 0.05) is 24.5 Å². The highest BCUT2D eigenvalue weighted by atomic mass is 16.6. The Morgan fingerprint density at radius 1 is 1.38 bits per heavy atom. The van der Waals surface area contributed by atoms with E-state index in [2.05, 4.69) is 5.43 Å². The third-order valence-electron chi connectivity index (χ3n) is 3.58. The zero-order chi connectivity index (χ0) is 15.0. The highest BCUT2D eigenvalue weighted by Gasteiger charge is 2.25. The van der Waals surface area contributed by atoms with E-state index >= 15 is 0 Å². The molecule has 2 aromatic rings. The van der Waals surface area contributed by atoms with E-state index in [-0.39, 0.29) is 17.1 Å². The van der Waals surface area contributed by atoms with Crippen LogP contribution in [0.15, 0.2) is 35.4 Å². The van der Waals surface area contributed by atoms with Gasteiger partial charge in [0.15, 0.2) is 0 Å². The normalized spacial score (nSPS) is 14.1. The minimum absolute atomic E-state index is 0.0822. The van der Waals surface area contributed by atoms with E-state index in [0.717, 1.165) is 12.8 Å². The number of rotatable bonds is 5. The number of benzene rings is 1. The molecule has 1 fully saturated rings.